The summed E-state index contributed by atoms with van der Waals surface area (Å²) >= 11 is 3.08. The number of hydrogen-bond acceptors (Lipinski definition) is 5. The van der Waals surface area contributed by atoms with Gasteiger partial charge >= 0.3 is 12.1 Å². The number of benzene rings is 2. The van der Waals surface area contributed by atoms with E-state index in [2.05, 4.69) is 4.98 Å². The Balaban J connectivity index is 1.60. The minimum absolute atomic E-state index is 0.0532. The number of carboxylic acids is 1. The molecule has 0 amide bonds. The maximum Gasteiger partial charge on any atom is 0.416 e. The van der Waals surface area contributed by atoms with Gasteiger partial charge in [0.1, 0.15) is 10.8 Å². The SMILES string of the molecule is Cc1nc(-c2ccc(C(F)(F)F)cc2)sc1CSc1ccc(OCCC(=O)O)cc1. The van der Waals surface area contributed by atoms with Crippen molar-refractivity contribution >= 4 is 29.1 Å². The summed E-state index contributed by atoms with van der Waals surface area (Å²) in [5.74, 6) is 0.389. The van der Waals surface area contributed by atoms with Crippen LogP contribution in [0.5, 0.6) is 5.75 Å². The van der Waals surface area contributed by atoms with Crippen molar-refractivity contribution in [1.29, 1.82) is 0 Å². The molecule has 0 aliphatic heterocycles. The van der Waals surface area contributed by atoms with Crippen LogP contribution in [0.4, 0.5) is 13.2 Å². The van der Waals surface area contributed by atoms with Crippen LogP contribution < -0.4 is 4.74 Å². The van der Waals surface area contributed by atoms with Crippen LogP contribution in [0.2, 0.25) is 0 Å². The van der Waals surface area contributed by atoms with Gasteiger partial charge in [-0.1, -0.05) is 12.1 Å². The number of halogens is 3. The van der Waals surface area contributed by atoms with Gasteiger partial charge in [0, 0.05) is 21.1 Å². The zero-order chi connectivity index (χ0) is 21.7. The molecule has 4 nitrogen and oxygen atoms in total. The molecule has 0 atom stereocenters. The Kier molecular flexibility index (Phi) is 7.04. The number of rotatable bonds is 8. The topological polar surface area (TPSA) is 59.4 Å². The van der Waals surface area contributed by atoms with Gasteiger partial charge in [-0.3, -0.25) is 4.79 Å². The van der Waals surface area contributed by atoms with Gasteiger partial charge in [0.15, 0.2) is 0 Å². The summed E-state index contributed by atoms with van der Waals surface area (Å²) in [6.07, 6.45) is -4.40. The highest BCUT2D eigenvalue weighted by Gasteiger charge is 2.30. The fourth-order valence-electron chi connectivity index (χ4n) is 2.52. The maximum atomic E-state index is 12.7. The number of aryl methyl sites for hydroxylation is 1. The Bertz CT molecular complexity index is 1000. The number of ether oxygens (including phenoxy) is 1. The predicted molar refractivity (Wildman–Crippen MR) is 111 cm³/mol. The molecule has 0 spiro atoms. The second-order valence-corrected chi connectivity index (χ2v) is 8.49. The van der Waals surface area contributed by atoms with Crippen LogP contribution in [0.3, 0.4) is 0 Å². The predicted octanol–water partition coefficient (Wildman–Crippen LogP) is 6.28. The molecule has 0 radical (unpaired) electrons. The summed E-state index contributed by atoms with van der Waals surface area (Å²) < 4.78 is 43.5. The molecule has 0 saturated heterocycles. The summed E-state index contributed by atoms with van der Waals surface area (Å²) in [5, 5.41) is 9.32. The molecule has 0 fully saturated rings. The molecule has 0 unspecified atom stereocenters. The first kappa shape index (κ1) is 22.2. The summed E-state index contributed by atoms with van der Waals surface area (Å²) in [6, 6.07) is 12.4. The first-order chi connectivity index (χ1) is 14.2. The average molecular weight is 454 g/mol. The number of carboxylic acid groups (broad SMARTS) is 1. The van der Waals surface area contributed by atoms with Crippen molar-refractivity contribution < 1.29 is 27.8 Å². The summed E-state index contributed by atoms with van der Waals surface area (Å²) in [6.45, 7) is 2.01. The van der Waals surface area contributed by atoms with Gasteiger partial charge in [-0.05, 0) is 43.3 Å². The fraction of sp³-hybridized carbons (Fsp3) is 0.238. The van der Waals surface area contributed by atoms with E-state index in [1.165, 1.54) is 23.5 Å². The average Bonchev–Trinajstić information content (AvgIpc) is 3.07. The molecule has 3 aromatic rings. The Morgan fingerprint density at radius 1 is 1.13 bits per heavy atom. The van der Waals surface area contributed by atoms with Crippen LogP contribution in [-0.4, -0.2) is 22.7 Å². The van der Waals surface area contributed by atoms with E-state index in [1.807, 2.05) is 19.1 Å². The molecule has 2 aromatic carbocycles. The van der Waals surface area contributed by atoms with Gasteiger partial charge in [-0.2, -0.15) is 13.2 Å². The number of thiazole rings is 1. The molecule has 30 heavy (non-hydrogen) atoms. The molecular formula is C21H18F3NO3S2. The van der Waals surface area contributed by atoms with Gasteiger partial charge in [-0.15, -0.1) is 23.1 Å². The summed E-state index contributed by atoms with van der Waals surface area (Å²) in [4.78, 5) is 17.1. The summed E-state index contributed by atoms with van der Waals surface area (Å²) in [7, 11) is 0. The first-order valence-corrected chi connectivity index (χ1v) is 10.7. The summed E-state index contributed by atoms with van der Waals surface area (Å²) in [5.41, 5.74) is 0.844. The lowest BCUT2D eigenvalue weighted by molar-refractivity contribution is -0.138. The highest BCUT2D eigenvalue weighted by molar-refractivity contribution is 7.98. The van der Waals surface area contributed by atoms with E-state index < -0.39 is 17.7 Å². The van der Waals surface area contributed by atoms with Crippen molar-refractivity contribution in [1.82, 2.24) is 4.98 Å². The van der Waals surface area contributed by atoms with Gasteiger partial charge in [0.2, 0.25) is 0 Å². The zero-order valence-electron chi connectivity index (χ0n) is 15.9. The third kappa shape index (κ3) is 5.99. The van der Waals surface area contributed by atoms with Crippen molar-refractivity contribution in [3.8, 4) is 16.3 Å². The lowest BCUT2D eigenvalue weighted by Crippen LogP contribution is -2.04. The molecule has 158 valence electrons. The molecule has 1 aromatic heterocycles. The Morgan fingerprint density at radius 2 is 1.80 bits per heavy atom. The zero-order valence-corrected chi connectivity index (χ0v) is 17.5. The van der Waals surface area contributed by atoms with E-state index in [1.54, 1.807) is 23.9 Å². The number of alkyl halides is 3. The van der Waals surface area contributed by atoms with Crippen LogP contribution in [-0.2, 0) is 16.7 Å². The minimum atomic E-state index is -4.35. The van der Waals surface area contributed by atoms with E-state index in [4.69, 9.17) is 9.84 Å². The quantitative estimate of drug-likeness (QED) is 0.407. The number of carbonyl (C=O) groups is 1. The largest absolute Gasteiger partial charge is 0.493 e. The second kappa shape index (κ2) is 9.53. The molecule has 0 bridgehead atoms. The standard InChI is InChI=1S/C21H18F3NO3S2/c1-13-18(12-29-17-8-6-16(7-9-17)28-11-10-19(26)27)30-20(25-13)14-2-4-15(5-3-14)21(22,23)24/h2-9H,10-12H2,1H3,(H,26,27). The second-order valence-electron chi connectivity index (χ2n) is 6.35. The number of aliphatic carboxylic acids is 1. The minimum Gasteiger partial charge on any atom is -0.493 e. The van der Waals surface area contributed by atoms with Crippen molar-refractivity contribution in [3.63, 3.8) is 0 Å². The lowest BCUT2D eigenvalue weighted by Gasteiger charge is -2.06. The van der Waals surface area contributed by atoms with Crippen molar-refractivity contribution in [2.45, 2.75) is 30.2 Å². The van der Waals surface area contributed by atoms with Crippen LogP contribution >= 0.6 is 23.1 Å². The Hall–Kier alpha value is -2.52. The van der Waals surface area contributed by atoms with E-state index in [-0.39, 0.29) is 13.0 Å². The number of hydrogen-bond donors (Lipinski definition) is 1. The smallest absolute Gasteiger partial charge is 0.416 e. The number of thioether (sulfide) groups is 1. The third-order valence-electron chi connectivity index (χ3n) is 4.13. The van der Waals surface area contributed by atoms with Gasteiger partial charge in [0.25, 0.3) is 0 Å². The van der Waals surface area contributed by atoms with E-state index in [9.17, 15) is 18.0 Å². The fourth-order valence-corrected chi connectivity index (χ4v) is 4.64. The molecule has 3 rings (SSSR count). The van der Waals surface area contributed by atoms with Crippen LogP contribution in [0.25, 0.3) is 10.6 Å². The van der Waals surface area contributed by atoms with Crippen LogP contribution in [0.1, 0.15) is 22.6 Å². The lowest BCUT2D eigenvalue weighted by atomic mass is 10.1. The third-order valence-corrected chi connectivity index (χ3v) is 6.56. The Labute approximate surface area is 179 Å². The van der Waals surface area contributed by atoms with Crippen molar-refractivity contribution in [3.05, 3.63) is 64.7 Å². The molecular weight excluding hydrogens is 435 g/mol. The molecule has 0 aliphatic carbocycles. The van der Waals surface area contributed by atoms with E-state index >= 15 is 0 Å². The Morgan fingerprint density at radius 3 is 2.40 bits per heavy atom. The van der Waals surface area contributed by atoms with Gasteiger partial charge < -0.3 is 9.84 Å². The molecule has 0 aliphatic rings. The van der Waals surface area contributed by atoms with Crippen molar-refractivity contribution in [2.75, 3.05) is 6.61 Å². The van der Waals surface area contributed by atoms with E-state index in [0.29, 0.717) is 22.1 Å². The maximum absolute atomic E-state index is 12.7. The number of nitrogens with zero attached hydrogens (tertiary/aromatic N) is 1. The molecule has 9 heteroatoms. The molecule has 1 heterocycles. The first-order valence-electron chi connectivity index (χ1n) is 8.94. The highest BCUT2D eigenvalue weighted by atomic mass is 32.2. The van der Waals surface area contributed by atoms with Gasteiger partial charge in [-0.25, -0.2) is 4.98 Å². The van der Waals surface area contributed by atoms with E-state index in [0.717, 1.165) is 27.6 Å². The van der Waals surface area contributed by atoms with Gasteiger partial charge in [0.05, 0.1) is 24.3 Å². The van der Waals surface area contributed by atoms with Crippen LogP contribution in [0.15, 0.2) is 53.4 Å². The van der Waals surface area contributed by atoms with Crippen LogP contribution in [0, 0.1) is 6.92 Å². The highest BCUT2D eigenvalue weighted by Crippen LogP contribution is 2.35. The monoisotopic (exact) mass is 453 g/mol. The molecule has 0 saturated carbocycles. The number of aromatic nitrogens is 1. The normalized spacial score (nSPS) is 11.5. The van der Waals surface area contributed by atoms with Crippen molar-refractivity contribution in [2.24, 2.45) is 0 Å². The molecule has 1 N–H and O–H groups in total.